The van der Waals surface area contributed by atoms with Crippen molar-refractivity contribution in [3.8, 4) is 0 Å². The van der Waals surface area contributed by atoms with E-state index in [1.807, 2.05) is 6.92 Å². The number of nitrogens with two attached hydrogens (primary N) is 1. The third kappa shape index (κ3) is 3.13. The van der Waals surface area contributed by atoms with Crippen molar-refractivity contribution in [2.24, 2.45) is 5.73 Å². The zero-order valence-electron chi connectivity index (χ0n) is 8.71. The van der Waals surface area contributed by atoms with Gasteiger partial charge in [-0.05, 0) is 6.42 Å². The van der Waals surface area contributed by atoms with E-state index in [2.05, 4.69) is 4.98 Å². The van der Waals surface area contributed by atoms with Gasteiger partial charge < -0.3 is 10.6 Å². The zero-order chi connectivity index (χ0) is 11.3. The molecule has 1 aromatic heterocycles. The van der Waals surface area contributed by atoms with Crippen LogP contribution in [0.15, 0.2) is 12.3 Å². The van der Waals surface area contributed by atoms with Crippen molar-refractivity contribution in [2.45, 2.75) is 13.3 Å². The lowest BCUT2D eigenvalue weighted by Gasteiger charge is -2.22. The molecule has 0 fully saturated rings. The number of hydrogen-bond donors (Lipinski definition) is 1. The minimum absolute atomic E-state index is 0.170. The molecule has 5 heteroatoms. The summed E-state index contributed by atoms with van der Waals surface area (Å²) in [7, 11) is 0. The summed E-state index contributed by atoms with van der Waals surface area (Å²) < 4.78 is 26.0. The van der Waals surface area contributed by atoms with Crippen LogP contribution in [0.4, 0.5) is 14.6 Å². The number of nitrogens with zero attached hydrogens (tertiary/aromatic N) is 2. The Morgan fingerprint density at radius 1 is 1.40 bits per heavy atom. The predicted octanol–water partition coefficient (Wildman–Crippen LogP) is 1.53. The fraction of sp³-hybridized carbons (Fsp3) is 0.500. The lowest BCUT2D eigenvalue weighted by molar-refractivity contribution is 0.566. The van der Waals surface area contributed by atoms with Gasteiger partial charge >= 0.3 is 0 Å². The van der Waals surface area contributed by atoms with Crippen molar-refractivity contribution in [2.75, 3.05) is 24.5 Å². The van der Waals surface area contributed by atoms with Gasteiger partial charge in [-0.1, -0.05) is 6.92 Å². The third-order valence-electron chi connectivity index (χ3n) is 1.98. The van der Waals surface area contributed by atoms with E-state index in [1.165, 1.54) is 0 Å². The highest BCUT2D eigenvalue weighted by Crippen LogP contribution is 2.16. The Labute approximate surface area is 87.9 Å². The Kier molecular flexibility index (Phi) is 4.42. The molecule has 84 valence electrons. The van der Waals surface area contributed by atoms with Crippen LogP contribution in [0.5, 0.6) is 0 Å². The zero-order valence-corrected chi connectivity index (χ0v) is 8.71. The van der Waals surface area contributed by atoms with Gasteiger partial charge in [0.2, 0.25) is 0 Å². The lowest BCUT2D eigenvalue weighted by Crippen LogP contribution is -2.31. The minimum atomic E-state index is -0.666. The predicted molar refractivity (Wildman–Crippen MR) is 55.7 cm³/mol. The SMILES string of the molecule is CCCN(CCN)c1ncc(F)cc1F. The molecule has 1 rings (SSSR count). The standard InChI is InChI=1S/C10H15F2N3/c1-2-4-15(5-3-13)10-9(12)6-8(11)7-14-10/h6-7H,2-5,13H2,1H3. The van der Waals surface area contributed by atoms with Gasteiger partial charge in [-0.2, -0.15) is 0 Å². The molecule has 0 unspecified atom stereocenters. The second-order valence-electron chi connectivity index (χ2n) is 3.23. The number of anilines is 1. The second-order valence-corrected chi connectivity index (χ2v) is 3.23. The van der Waals surface area contributed by atoms with Crippen LogP contribution in [0.25, 0.3) is 0 Å². The average Bonchev–Trinajstić information content (AvgIpc) is 2.17. The monoisotopic (exact) mass is 215 g/mol. The second kappa shape index (κ2) is 5.60. The molecule has 2 N–H and O–H groups in total. The quantitative estimate of drug-likeness (QED) is 0.810. The topological polar surface area (TPSA) is 42.1 Å². The lowest BCUT2D eigenvalue weighted by atomic mass is 10.3. The first-order chi connectivity index (χ1) is 7.19. The molecule has 0 aromatic carbocycles. The average molecular weight is 215 g/mol. The van der Waals surface area contributed by atoms with E-state index in [0.717, 1.165) is 18.7 Å². The highest BCUT2D eigenvalue weighted by atomic mass is 19.1. The van der Waals surface area contributed by atoms with Crippen LogP contribution in [0.2, 0.25) is 0 Å². The first-order valence-corrected chi connectivity index (χ1v) is 4.95. The fourth-order valence-electron chi connectivity index (χ4n) is 1.39. The van der Waals surface area contributed by atoms with E-state index in [9.17, 15) is 8.78 Å². The van der Waals surface area contributed by atoms with Gasteiger partial charge in [0.15, 0.2) is 11.6 Å². The molecule has 0 saturated carbocycles. The van der Waals surface area contributed by atoms with E-state index in [0.29, 0.717) is 19.6 Å². The minimum Gasteiger partial charge on any atom is -0.353 e. The molecule has 0 atom stereocenters. The molecule has 0 aliphatic heterocycles. The summed E-state index contributed by atoms with van der Waals surface area (Å²) >= 11 is 0. The van der Waals surface area contributed by atoms with Gasteiger partial charge in [0.1, 0.15) is 5.82 Å². The van der Waals surface area contributed by atoms with Crippen LogP contribution >= 0.6 is 0 Å². The van der Waals surface area contributed by atoms with Crippen molar-refractivity contribution in [1.82, 2.24) is 4.98 Å². The molecule has 3 nitrogen and oxygen atoms in total. The maximum absolute atomic E-state index is 13.4. The summed E-state index contributed by atoms with van der Waals surface area (Å²) in [6.45, 7) is 3.57. The summed E-state index contributed by atoms with van der Waals surface area (Å²) in [5.41, 5.74) is 5.41. The first kappa shape index (κ1) is 11.8. The van der Waals surface area contributed by atoms with Gasteiger partial charge in [-0.15, -0.1) is 0 Å². The van der Waals surface area contributed by atoms with Crippen molar-refractivity contribution < 1.29 is 8.78 Å². The van der Waals surface area contributed by atoms with Crippen molar-refractivity contribution in [3.63, 3.8) is 0 Å². The molecule has 0 spiro atoms. The Morgan fingerprint density at radius 3 is 2.67 bits per heavy atom. The van der Waals surface area contributed by atoms with Crippen LogP contribution in [0.3, 0.4) is 0 Å². The highest BCUT2D eigenvalue weighted by molar-refractivity contribution is 5.39. The molecule has 0 aliphatic rings. The third-order valence-corrected chi connectivity index (χ3v) is 1.98. The van der Waals surface area contributed by atoms with Gasteiger partial charge in [-0.25, -0.2) is 13.8 Å². The van der Waals surface area contributed by atoms with Crippen LogP contribution < -0.4 is 10.6 Å². The maximum Gasteiger partial charge on any atom is 0.168 e. The van der Waals surface area contributed by atoms with Crippen LogP contribution in [0, 0.1) is 11.6 Å². The molecular formula is C10H15F2N3. The molecule has 1 heterocycles. The Balaban J connectivity index is 2.89. The number of aromatic nitrogens is 1. The molecule has 0 aliphatic carbocycles. The summed E-state index contributed by atoms with van der Waals surface area (Å²) in [6.07, 6.45) is 1.87. The number of pyridine rings is 1. The van der Waals surface area contributed by atoms with E-state index in [-0.39, 0.29) is 5.82 Å². The molecule has 0 saturated heterocycles. The molecule has 0 amide bonds. The van der Waals surface area contributed by atoms with Crippen LogP contribution in [-0.2, 0) is 0 Å². The summed E-state index contributed by atoms with van der Waals surface area (Å²) in [5, 5.41) is 0. The smallest absolute Gasteiger partial charge is 0.168 e. The van der Waals surface area contributed by atoms with E-state index < -0.39 is 11.6 Å². The number of hydrogen-bond acceptors (Lipinski definition) is 3. The van der Waals surface area contributed by atoms with Gasteiger partial charge in [0.05, 0.1) is 6.20 Å². The Bertz CT molecular complexity index is 312. The highest BCUT2D eigenvalue weighted by Gasteiger charge is 2.12. The summed E-state index contributed by atoms with van der Waals surface area (Å²) in [4.78, 5) is 5.45. The normalized spacial score (nSPS) is 10.4. The molecular weight excluding hydrogens is 200 g/mol. The van der Waals surface area contributed by atoms with Crippen LogP contribution in [0.1, 0.15) is 13.3 Å². The molecule has 0 radical (unpaired) electrons. The molecule has 0 bridgehead atoms. The maximum atomic E-state index is 13.4. The summed E-state index contributed by atoms with van der Waals surface area (Å²) in [6, 6.07) is 0.835. The van der Waals surface area contributed by atoms with Gasteiger partial charge in [0.25, 0.3) is 0 Å². The number of halogens is 2. The first-order valence-electron chi connectivity index (χ1n) is 4.95. The number of rotatable bonds is 5. The van der Waals surface area contributed by atoms with Gasteiger partial charge in [0, 0.05) is 25.7 Å². The van der Waals surface area contributed by atoms with Crippen LogP contribution in [-0.4, -0.2) is 24.6 Å². The Morgan fingerprint density at radius 2 is 2.13 bits per heavy atom. The van der Waals surface area contributed by atoms with E-state index in [4.69, 9.17) is 5.73 Å². The molecule has 1 aromatic rings. The Hall–Kier alpha value is -1.23. The van der Waals surface area contributed by atoms with Crippen molar-refractivity contribution in [3.05, 3.63) is 23.9 Å². The largest absolute Gasteiger partial charge is 0.353 e. The van der Waals surface area contributed by atoms with Crippen molar-refractivity contribution >= 4 is 5.82 Å². The fourth-order valence-corrected chi connectivity index (χ4v) is 1.39. The van der Waals surface area contributed by atoms with Gasteiger partial charge in [-0.3, -0.25) is 0 Å². The molecule has 15 heavy (non-hydrogen) atoms. The van der Waals surface area contributed by atoms with E-state index >= 15 is 0 Å². The van der Waals surface area contributed by atoms with Crippen molar-refractivity contribution in [1.29, 1.82) is 0 Å². The van der Waals surface area contributed by atoms with E-state index in [1.54, 1.807) is 4.90 Å². The summed E-state index contributed by atoms with van der Waals surface area (Å²) in [5.74, 6) is -1.14.